The lowest BCUT2D eigenvalue weighted by molar-refractivity contribution is -0.144. The number of esters is 1. The quantitative estimate of drug-likeness (QED) is 0.389. The second-order valence-electron chi connectivity index (χ2n) is 9.34. The number of hydrogen-bond donors (Lipinski definition) is 1. The first-order valence-electron chi connectivity index (χ1n) is 12.4. The highest BCUT2D eigenvalue weighted by Crippen LogP contribution is 2.34. The maximum absolute atomic E-state index is 15.1. The van der Waals surface area contributed by atoms with Gasteiger partial charge in [-0.3, -0.25) is 14.4 Å². The zero-order valence-corrected chi connectivity index (χ0v) is 21.3. The summed E-state index contributed by atoms with van der Waals surface area (Å²) in [6.07, 6.45) is 0.146. The maximum atomic E-state index is 15.1. The molecule has 4 aromatic rings. The molecule has 2 atom stereocenters. The fourth-order valence-corrected chi connectivity index (χ4v) is 5.09. The number of nitrogens with zero attached hydrogens (tertiary/aromatic N) is 5. The first-order valence-corrected chi connectivity index (χ1v) is 12.4. The number of amides is 1. The molecular formula is C27H27FN6O4. The number of ether oxygens (including phenoxy) is 1. The topological polar surface area (TPSA) is 123 Å². The van der Waals surface area contributed by atoms with Crippen LogP contribution in [0.1, 0.15) is 65.6 Å². The summed E-state index contributed by atoms with van der Waals surface area (Å²) in [6.45, 7) is 5.87. The zero-order valence-electron chi connectivity index (χ0n) is 21.3. The molecule has 1 N–H and O–H groups in total. The standard InChI is InChI=1S/C27H27FN6O4/c1-4-38-24(35)13-23-25-31-29-16(3)34(25)15(2)14-33(23)27(37)20-11-17(9-10-21(20)28)12-22-18-7-5-6-8-19(18)26(36)32-30-22/h5-11,15,23H,4,12-14H2,1-3H3,(H,32,36). The highest BCUT2D eigenvalue weighted by molar-refractivity contribution is 5.95. The molecule has 0 fully saturated rings. The fraction of sp³-hybridized carbons (Fsp3) is 0.333. The molecule has 1 aliphatic rings. The van der Waals surface area contributed by atoms with E-state index in [2.05, 4.69) is 20.4 Å². The van der Waals surface area contributed by atoms with Crippen molar-refractivity contribution in [2.75, 3.05) is 13.2 Å². The van der Waals surface area contributed by atoms with Crippen molar-refractivity contribution in [3.8, 4) is 0 Å². The number of benzene rings is 2. The van der Waals surface area contributed by atoms with E-state index in [1.165, 1.54) is 17.0 Å². The Balaban J connectivity index is 1.50. The van der Waals surface area contributed by atoms with Crippen molar-refractivity contribution in [2.24, 2.45) is 0 Å². The van der Waals surface area contributed by atoms with Crippen molar-refractivity contribution in [3.63, 3.8) is 0 Å². The highest BCUT2D eigenvalue weighted by Gasteiger charge is 2.39. The van der Waals surface area contributed by atoms with Gasteiger partial charge in [-0.1, -0.05) is 24.3 Å². The van der Waals surface area contributed by atoms with Crippen LogP contribution in [0.15, 0.2) is 47.3 Å². The van der Waals surface area contributed by atoms with Crippen molar-refractivity contribution in [3.05, 3.63) is 87.1 Å². The average molecular weight is 519 g/mol. The van der Waals surface area contributed by atoms with Crippen LogP contribution < -0.4 is 5.56 Å². The van der Waals surface area contributed by atoms with Gasteiger partial charge in [0, 0.05) is 18.4 Å². The monoisotopic (exact) mass is 518 g/mol. The zero-order chi connectivity index (χ0) is 27.0. The summed E-state index contributed by atoms with van der Waals surface area (Å²) in [7, 11) is 0. The lowest BCUT2D eigenvalue weighted by Gasteiger charge is -2.38. The Kier molecular flexibility index (Phi) is 6.75. The van der Waals surface area contributed by atoms with Crippen molar-refractivity contribution in [1.29, 1.82) is 0 Å². The molecule has 0 spiro atoms. The molecule has 2 aromatic heterocycles. The lowest BCUT2D eigenvalue weighted by atomic mass is 10.00. The number of aryl methyl sites for hydroxylation is 1. The van der Waals surface area contributed by atoms with Crippen LogP contribution in [-0.2, 0) is 16.0 Å². The Morgan fingerprint density at radius 3 is 2.68 bits per heavy atom. The third-order valence-corrected chi connectivity index (χ3v) is 6.80. The van der Waals surface area contributed by atoms with E-state index in [1.807, 2.05) is 24.5 Å². The number of aromatic nitrogens is 5. The van der Waals surface area contributed by atoms with Gasteiger partial charge in [0.2, 0.25) is 0 Å². The minimum Gasteiger partial charge on any atom is -0.466 e. The van der Waals surface area contributed by atoms with E-state index in [9.17, 15) is 14.4 Å². The number of carbonyl (C=O) groups is 2. The summed E-state index contributed by atoms with van der Waals surface area (Å²) in [5.41, 5.74) is 0.822. The summed E-state index contributed by atoms with van der Waals surface area (Å²) in [4.78, 5) is 39.9. The van der Waals surface area contributed by atoms with E-state index < -0.39 is 23.7 Å². The second kappa shape index (κ2) is 10.2. The number of fused-ring (bicyclic) bond motifs is 2. The predicted molar refractivity (Wildman–Crippen MR) is 136 cm³/mol. The Bertz CT molecular complexity index is 1600. The SMILES string of the molecule is CCOC(=O)CC1c2nnc(C)n2C(C)CN1C(=O)c1cc(Cc2n[nH]c(=O)c3ccccc23)ccc1F. The van der Waals surface area contributed by atoms with E-state index in [4.69, 9.17) is 4.74 Å². The highest BCUT2D eigenvalue weighted by atomic mass is 19.1. The summed E-state index contributed by atoms with van der Waals surface area (Å²) in [5.74, 6) is -0.590. The Labute approximate surface area is 217 Å². The largest absolute Gasteiger partial charge is 0.466 e. The van der Waals surface area contributed by atoms with Crippen molar-refractivity contribution in [1.82, 2.24) is 29.9 Å². The van der Waals surface area contributed by atoms with Crippen molar-refractivity contribution >= 4 is 22.6 Å². The van der Waals surface area contributed by atoms with Crippen LogP contribution in [0.3, 0.4) is 0 Å². The van der Waals surface area contributed by atoms with E-state index >= 15 is 4.39 Å². The number of H-pyrrole nitrogens is 1. The van der Waals surface area contributed by atoms with E-state index in [0.29, 0.717) is 33.7 Å². The fourth-order valence-electron chi connectivity index (χ4n) is 5.09. The molecule has 11 heteroatoms. The van der Waals surface area contributed by atoms with Crippen LogP contribution in [0.5, 0.6) is 0 Å². The molecule has 10 nitrogen and oxygen atoms in total. The van der Waals surface area contributed by atoms with Gasteiger partial charge in [0.1, 0.15) is 17.7 Å². The van der Waals surface area contributed by atoms with Crippen LogP contribution in [-0.4, -0.2) is 54.9 Å². The van der Waals surface area contributed by atoms with Crippen molar-refractivity contribution in [2.45, 2.75) is 45.7 Å². The number of rotatable bonds is 6. The van der Waals surface area contributed by atoms with E-state index in [0.717, 1.165) is 0 Å². The minimum atomic E-state index is -0.758. The van der Waals surface area contributed by atoms with Gasteiger partial charge in [-0.15, -0.1) is 10.2 Å². The molecule has 3 heterocycles. The molecule has 38 heavy (non-hydrogen) atoms. The second-order valence-corrected chi connectivity index (χ2v) is 9.34. The molecule has 0 saturated heterocycles. The molecular weight excluding hydrogens is 491 g/mol. The molecule has 2 aromatic carbocycles. The molecule has 0 bridgehead atoms. The van der Waals surface area contributed by atoms with Crippen LogP contribution in [0.2, 0.25) is 0 Å². The molecule has 1 aliphatic heterocycles. The smallest absolute Gasteiger partial charge is 0.308 e. The summed E-state index contributed by atoms with van der Waals surface area (Å²) in [5, 5.41) is 16.3. The van der Waals surface area contributed by atoms with Gasteiger partial charge < -0.3 is 14.2 Å². The molecule has 0 aliphatic carbocycles. The predicted octanol–water partition coefficient (Wildman–Crippen LogP) is 3.26. The van der Waals surface area contributed by atoms with E-state index in [-0.39, 0.29) is 43.2 Å². The van der Waals surface area contributed by atoms with Crippen LogP contribution in [0, 0.1) is 12.7 Å². The molecule has 0 radical (unpaired) electrons. The lowest BCUT2D eigenvalue weighted by Crippen LogP contribution is -2.45. The Morgan fingerprint density at radius 2 is 1.92 bits per heavy atom. The van der Waals surface area contributed by atoms with Crippen LogP contribution >= 0.6 is 0 Å². The van der Waals surface area contributed by atoms with Crippen LogP contribution in [0.4, 0.5) is 4.39 Å². The number of nitrogens with one attached hydrogen (secondary N) is 1. The van der Waals surface area contributed by atoms with Gasteiger partial charge in [-0.2, -0.15) is 5.10 Å². The third-order valence-electron chi connectivity index (χ3n) is 6.80. The van der Waals surface area contributed by atoms with Gasteiger partial charge in [-0.05, 0) is 44.5 Å². The van der Waals surface area contributed by atoms with Gasteiger partial charge in [0.15, 0.2) is 5.82 Å². The third kappa shape index (κ3) is 4.55. The van der Waals surface area contributed by atoms with Gasteiger partial charge in [0.25, 0.3) is 11.5 Å². The average Bonchev–Trinajstić information content (AvgIpc) is 3.30. The Morgan fingerprint density at radius 1 is 1.16 bits per heavy atom. The van der Waals surface area contributed by atoms with E-state index in [1.54, 1.807) is 31.2 Å². The first kappa shape index (κ1) is 25.2. The summed E-state index contributed by atoms with van der Waals surface area (Å²) >= 11 is 0. The Hall–Kier alpha value is -4.41. The van der Waals surface area contributed by atoms with Gasteiger partial charge >= 0.3 is 5.97 Å². The number of hydrogen-bond acceptors (Lipinski definition) is 7. The molecule has 1 amide bonds. The number of halogens is 1. The van der Waals surface area contributed by atoms with Gasteiger partial charge in [-0.25, -0.2) is 9.49 Å². The summed E-state index contributed by atoms with van der Waals surface area (Å²) < 4.78 is 22.1. The molecule has 196 valence electrons. The molecule has 5 rings (SSSR count). The van der Waals surface area contributed by atoms with Gasteiger partial charge in [0.05, 0.1) is 35.7 Å². The molecule has 0 saturated carbocycles. The maximum Gasteiger partial charge on any atom is 0.308 e. The van der Waals surface area contributed by atoms with Crippen molar-refractivity contribution < 1.29 is 18.7 Å². The minimum absolute atomic E-state index is 0.123. The van der Waals surface area contributed by atoms with Crippen LogP contribution in [0.25, 0.3) is 10.8 Å². The normalized spacial score (nSPS) is 16.9. The molecule has 2 unspecified atom stereocenters. The summed E-state index contributed by atoms with van der Waals surface area (Å²) in [6, 6.07) is 10.5. The number of aromatic amines is 1. The number of carbonyl (C=O) groups excluding carboxylic acids is 2. The first-order chi connectivity index (χ1) is 18.3.